The Morgan fingerprint density at radius 2 is 1.18 bits per heavy atom. The fraction of sp³-hybridized carbons (Fsp3) is 0.419. The third-order valence-corrected chi connectivity index (χ3v) is 6.84. The van der Waals surface area contributed by atoms with Crippen LogP contribution in [0.15, 0.2) is 60.7 Å². The van der Waals surface area contributed by atoms with Crippen LogP contribution in [0.5, 0.6) is 5.75 Å². The first kappa shape index (κ1) is 27.3. The summed E-state index contributed by atoms with van der Waals surface area (Å²) in [5.41, 5.74) is 6.30. The highest BCUT2D eigenvalue weighted by Gasteiger charge is 2.13. The van der Waals surface area contributed by atoms with E-state index in [1.54, 1.807) is 4.80 Å². The monoisotopic (exact) mass is 512 g/mol. The molecule has 2 aromatic heterocycles. The van der Waals surface area contributed by atoms with Crippen molar-refractivity contribution in [3.63, 3.8) is 0 Å². The van der Waals surface area contributed by atoms with E-state index in [4.69, 9.17) is 0 Å². The van der Waals surface area contributed by atoms with E-state index in [0.29, 0.717) is 11.4 Å². The van der Waals surface area contributed by atoms with Crippen molar-refractivity contribution in [1.82, 2.24) is 30.4 Å². The lowest BCUT2D eigenvalue weighted by Crippen LogP contribution is -2.02. The van der Waals surface area contributed by atoms with Gasteiger partial charge in [0.2, 0.25) is 0 Å². The molecule has 0 aliphatic rings. The maximum absolute atomic E-state index is 10.8. The number of phenolic OH excluding ortho intramolecular Hbond substituents is 1. The maximum atomic E-state index is 10.8. The SMILES string of the molecule is CCCCCCCCCCCCc1cc(C)cc(-n2nc3ccccc3n2)c1O.c1ccc2n[nH]nc2c1. The van der Waals surface area contributed by atoms with Gasteiger partial charge in [0.05, 0.1) is 0 Å². The molecule has 38 heavy (non-hydrogen) atoms. The van der Waals surface area contributed by atoms with E-state index in [9.17, 15) is 5.11 Å². The molecule has 0 bridgehead atoms. The lowest BCUT2D eigenvalue weighted by Gasteiger charge is -2.11. The largest absolute Gasteiger partial charge is 0.505 e. The molecule has 5 rings (SSSR count). The van der Waals surface area contributed by atoms with Crippen LogP contribution in [0.3, 0.4) is 0 Å². The molecule has 7 heteroatoms. The van der Waals surface area contributed by atoms with E-state index in [2.05, 4.69) is 45.5 Å². The van der Waals surface area contributed by atoms with Gasteiger partial charge in [-0.3, -0.25) is 0 Å². The molecule has 0 unspecified atom stereocenters. The van der Waals surface area contributed by atoms with Gasteiger partial charge in [-0.2, -0.15) is 15.4 Å². The standard InChI is InChI=1S/C25H35N3O.C6H5N3/c1-3-4-5-6-7-8-9-10-11-12-15-21-18-20(2)19-24(25(21)29)28-26-22-16-13-14-17-23(22)27-28;1-2-4-6-5(3-1)7-9-8-6/h13-14,16-19,29H,3-12,15H2,1-2H3;1-4H,(H,7,8,9). The van der Waals surface area contributed by atoms with E-state index >= 15 is 0 Å². The van der Waals surface area contributed by atoms with E-state index in [-0.39, 0.29) is 0 Å². The van der Waals surface area contributed by atoms with Gasteiger partial charge in [0.25, 0.3) is 0 Å². The molecule has 0 amide bonds. The van der Waals surface area contributed by atoms with Crippen molar-refractivity contribution in [3.05, 3.63) is 71.8 Å². The van der Waals surface area contributed by atoms with Crippen LogP contribution in [0.4, 0.5) is 0 Å². The van der Waals surface area contributed by atoms with Gasteiger partial charge >= 0.3 is 0 Å². The number of para-hydroxylation sites is 2. The van der Waals surface area contributed by atoms with Crippen molar-refractivity contribution in [2.75, 3.05) is 0 Å². The van der Waals surface area contributed by atoms with Gasteiger partial charge in [-0.1, -0.05) is 95.0 Å². The fourth-order valence-corrected chi connectivity index (χ4v) is 4.73. The number of aromatic hydroxyl groups is 1. The highest BCUT2D eigenvalue weighted by Crippen LogP contribution is 2.29. The molecule has 200 valence electrons. The second-order valence-corrected chi connectivity index (χ2v) is 10.0. The van der Waals surface area contributed by atoms with Crippen molar-refractivity contribution in [3.8, 4) is 11.4 Å². The lowest BCUT2D eigenvalue weighted by molar-refractivity contribution is 0.458. The number of H-pyrrole nitrogens is 1. The van der Waals surface area contributed by atoms with Crippen LogP contribution < -0.4 is 0 Å². The van der Waals surface area contributed by atoms with Gasteiger partial charge in [-0.15, -0.1) is 15.0 Å². The minimum absolute atomic E-state index is 0.312. The number of unbranched alkanes of at least 4 members (excludes halogenated alkanes) is 9. The molecule has 7 nitrogen and oxygen atoms in total. The minimum atomic E-state index is 0.312. The average Bonchev–Trinajstić information content (AvgIpc) is 3.59. The summed E-state index contributed by atoms with van der Waals surface area (Å²) in [4.78, 5) is 1.56. The molecular formula is C31H40N6O. The Morgan fingerprint density at radius 3 is 1.74 bits per heavy atom. The topological polar surface area (TPSA) is 92.5 Å². The molecule has 0 saturated heterocycles. The summed E-state index contributed by atoms with van der Waals surface area (Å²) < 4.78 is 0. The van der Waals surface area contributed by atoms with Crippen molar-refractivity contribution in [2.24, 2.45) is 0 Å². The quantitative estimate of drug-likeness (QED) is 0.166. The maximum Gasteiger partial charge on any atom is 0.146 e. The number of nitrogens with zero attached hydrogens (tertiary/aromatic N) is 5. The van der Waals surface area contributed by atoms with Gasteiger partial charge in [-0.05, 0) is 61.2 Å². The first-order chi connectivity index (χ1) is 18.7. The predicted molar refractivity (Wildman–Crippen MR) is 155 cm³/mol. The summed E-state index contributed by atoms with van der Waals surface area (Å²) in [6.07, 6.45) is 14.1. The number of hydrogen-bond acceptors (Lipinski definition) is 5. The number of fused-ring (bicyclic) bond motifs is 2. The summed E-state index contributed by atoms with van der Waals surface area (Å²) >= 11 is 0. The highest BCUT2D eigenvalue weighted by atomic mass is 16.3. The zero-order valence-electron chi connectivity index (χ0n) is 22.7. The van der Waals surface area contributed by atoms with Crippen LogP contribution in [-0.4, -0.2) is 35.5 Å². The normalized spacial score (nSPS) is 11.1. The summed E-state index contributed by atoms with van der Waals surface area (Å²) in [6, 6.07) is 19.5. The Bertz CT molecular complexity index is 1340. The van der Waals surface area contributed by atoms with Gasteiger partial charge in [0, 0.05) is 0 Å². The fourth-order valence-electron chi connectivity index (χ4n) is 4.73. The summed E-state index contributed by atoms with van der Waals surface area (Å²) in [6.45, 7) is 4.33. The molecule has 0 spiro atoms. The second-order valence-electron chi connectivity index (χ2n) is 10.0. The third-order valence-electron chi connectivity index (χ3n) is 6.84. The zero-order valence-corrected chi connectivity index (χ0v) is 22.7. The Morgan fingerprint density at radius 1 is 0.684 bits per heavy atom. The highest BCUT2D eigenvalue weighted by molar-refractivity contribution is 5.74. The number of aromatic amines is 1. The molecule has 0 aliphatic carbocycles. The number of phenols is 1. The molecule has 0 saturated carbocycles. The smallest absolute Gasteiger partial charge is 0.146 e. The number of rotatable bonds is 12. The lowest BCUT2D eigenvalue weighted by atomic mass is 10.0. The van der Waals surface area contributed by atoms with Crippen LogP contribution in [0.25, 0.3) is 27.8 Å². The Hall–Kier alpha value is -3.74. The van der Waals surface area contributed by atoms with Crippen LogP contribution in [-0.2, 0) is 6.42 Å². The predicted octanol–water partition coefficient (Wildman–Crippen LogP) is 7.86. The summed E-state index contributed by atoms with van der Waals surface area (Å²) in [5, 5.41) is 30.2. The van der Waals surface area contributed by atoms with Gasteiger partial charge in [-0.25, -0.2) is 0 Å². The zero-order chi connectivity index (χ0) is 26.6. The van der Waals surface area contributed by atoms with Gasteiger partial charge in [0.1, 0.15) is 33.5 Å². The van der Waals surface area contributed by atoms with Crippen molar-refractivity contribution >= 4 is 22.1 Å². The molecule has 0 atom stereocenters. The third kappa shape index (κ3) is 7.63. The van der Waals surface area contributed by atoms with Crippen molar-refractivity contribution in [1.29, 1.82) is 0 Å². The number of benzene rings is 3. The first-order valence-corrected chi connectivity index (χ1v) is 14.1. The van der Waals surface area contributed by atoms with E-state index in [0.717, 1.165) is 46.0 Å². The summed E-state index contributed by atoms with van der Waals surface area (Å²) in [7, 11) is 0. The van der Waals surface area contributed by atoms with Crippen molar-refractivity contribution < 1.29 is 5.11 Å². The van der Waals surface area contributed by atoms with E-state index in [1.165, 1.54) is 57.8 Å². The molecule has 0 fully saturated rings. The molecule has 2 N–H and O–H groups in total. The van der Waals surface area contributed by atoms with Crippen LogP contribution in [0.2, 0.25) is 0 Å². The number of hydrogen-bond donors (Lipinski definition) is 2. The number of aromatic nitrogens is 6. The minimum Gasteiger partial charge on any atom is -0.505 e. The van der Waals surface area contributed by atoms with Gasteiger partial charge in [0.15, 0.2) is 0 Å². The van der Waals surface area contributed by atoms with Crippen LogP contribution in [0, 0.1) is 6.92 Å². The Kier molecular flexibility index (Phi) is 10.2. The Balaban J connectivity index is 0.000000311. The molecular weight excluding hydrogens is 472 g/mol. The van der Waals surface area contributed by atoms with Crippen LogP contribution >= 0.6 is 0 Å². The molecule has 3 aromatic carbocycles. The van der Waals surface area contributed by atoms with Gasteiger partial charge < -0.3 is 5.11 Å². The first-order valence-electron chi connectivity index (χ1n) is 14.1. The molecule has 5 aromatic rings. The average molecular weight is 513 g/mol. The van der Waals surface area contributed by atoms with Crippen LogP contribution in [0.1, 0.15) is 82.3 Å². The summed E-state index contributed by atoms with van der Waals surface area (Å²) in [5.74, 6) is 0.312. The number of aryl methyl sites for hydroxylation is 2. The molecule has 2 heterocycles. The molecule has 0 aliphatic heterocycles. The molecule has 0 radical (unpaired) electrons. The van der Waals surface area contributed by atoms with E-state index < -0.39 is 0 Å². The van der Waals surface area contributed by atoms with E-state index in [1.807, 2.05) is 54.6 Å². The second kappa shape index (κ2) is 14.3. The number of nitrogens with one attached hydrogen (secondary N) is 1. The van der Waals surface area contributed by atoms with Crippen molar-refractivity contribution in [2.45, 2.75) is 84.5 Å². The Labute approximate surface area is 225 Å².